The highest BCUT2D eigenvalue weighted by molar-refractivity contribution is 7.98. The van der Waals surface area contributed by atoms with Gasteiger partial charge in [0.15, 0.2) is 12.1 Å². The fourth-order valence-corrected chi connectivity index (χ4v) is 7.26. The summed E-state index contributed by atoms with van der Waals surface area (Å²) in [5, 5.41) is 2.68. The lowest BCUT2D eigenvalue weighted by Crippen LogP contribution is -2.55. The third-order valence-corrected chi connectivity index (χ3v) is 9.31. The fraction of sp³-hybridized carbons (Fsp3) is 0.759. The van der Waals surface area contributed by atoms with E-state index in [2.05, 4.69) is 19.2 Å². The molecule has 0 saturated carbocycles. The van der Waals surface area contributed by atoms with E-state index >= 15 is 0 Å². The maximum atomic E-state index is 14.0. The predicted octanol–water partition coefficient (Wildman–Crippen LogP) is 4.58. The second kappa shape index (κ2) is 12.8. The summed E-state index contributed by atoms with van der Waals surface area (Å²) in [4.78, 5) is 11.8. The topological polar surface area (TPSA) is 119 Å². The Bertz CT molecular complexity index is 1160. The Morgan fingerprint density at radius 1 is 1.05 bits per heavy atom. The van der Waals surface area contributed by atoms with Gasteiger partial charge in [-0.2, -0.15) is 8.42 Å². The molecule has 41 heavy (non-hydrogen) atoms. The van der Waals surface area contributed by atoms with E-state index in [1.54, 1.807) is 13.8 Å². The molecule has 0 radical (unpaired) electrons. The van der Waals surface area contributed by atoms with Gasteiger partial charge in [0.25, 0.3) is 10.1 Å². The maximum Gasteiger partial charge on any atom is 0.297 e. The van der Waals surface area contributed by atoms with Crippen LogP contribution in [0, 0.1) is 0 Å². The van der Waals surface area contributed by atoms with Gasteiger partial charge in [-0.3, -0.25) is 8.98 Å². The van der Waals surface area contributed by atoms with Gasteiger partial charge in [-0.05, 0) is 54.5 Å². The SMILES string of the molecule is CSCO[C@@H]1[C@H]2OC(C)(C)O[C@H]2O[C@@H]1[C@@H](COS(=O)(=O)c1c(C(C)C)cc(C(C)C)cc1C(C)C)OC1CC(=O)N1. The van der Waals surface area contributed by atoms with Gasteiger partial charge in [-0.15, -0.1) is 11.8 Å². The Balaban J connectivity index is 1.64. The van der Waals surface area contributed by atoms with Crippen LogP contribution >= 0.6 is 11.8 Å². The molecule has 0 aromatic heterocycles. The highest BCUT2D eigenvalue weighted by Gasteiger charge is 2.58. The standard InChI is InChI=1S/C29H45NO9S2/c1-15(2)18-10-19(16(3)4)27(20(11-18)17(5)6)41(32,33)35-13-21(36-23-12-22(31)30-23)24-25(34-14-40-9)26-28(37-24)39-29(7,8)38-26/h10-11,15-17,21,23-26,28H,12-14H2,1-9H3,(H,30,31)/t21-,23?,24-,25+,26-,28-/m1/s1. The third-order valence-electron chi connectivity index (χ3n) is 7.52. The number of β-lactam (4-membered cyclic amide) rings is 1. The van der Waals surface area contributed by atoms with Gasteiger partial charge in [-0.1, -0.05) is 53.7 Å². The van der Waals surface area contributed by atoms with Crippen LogP contribution in [0.15, 0.2) is 17.0 Å². The van der Waals surface area contributed by atoms with Crippen molar-refractivity contribution in [3.8, 4) is 0 Å². The number of carbonyl (C=O) groups excluding carboxylic acids is 1. The monoisotopic (exact) mass is 615 g/mol. The van der Waals surface area contributed by atoms with Crippen LogP contribution in [0.3, 0.4) is 0 Å². The van der Waals surface area contributed by atoms with Gasteiger partial charge in [0.2, 0.25) is 5.91 Å². The number of nitrogens with one attached hydrogen (secondary N) is 1. The smallest absolute Gasteiger partial charge is 0.297 e. The molecule has 1 unspecified atom stereocenters. The molecule has 1 amide bonds. The van der Waals surface area contributed by atoms with Gasteiger partial charge >= 0.3 is 0 Å². The van der Waals surface area contributed by atoms with Crippen molar-refractivity contribution in [3.05, 3.63) is 28.8 Å². The van der Waals surface area contributed by atoms with Crippen LogP contribution in [-0.4, -0.2) is 75.8 Å². The molecule has 3 fully saturated rings. The van der Waals surface area contributed by atoms with Gasteiger partial charge in [0.05, 0.1) is 19.0 Å². The molecule has 0 aliphatic carbocycles. The van der Waals surface area contributed by atoms with Crippen molar-refractivity contribution in [1.82, 2.24) is 5.32 Å². The summed E-state index contributed by atoms with van der Waals surface area (Å²) >= 11 is 1.49. The zero-order valence-corrected chi connectivity index (χ0v) is 27.1. The van der Waals surface area contributed by atoms with E-state index in [9.17, 15) is 13.2 Å². The average molecular weight is 616 g/mol. The van der Waals surface area contributed by atoms with Crippen LogP contribution in [0.25, 0.3) is 0 Å². The molecular formula is C29H45NO9S2. The molecule has 3 aliphatic heterocycles. The normalized spacial score (nSPS) is 28.3. The van der Waals surface area contributed by atoms with Crippen LogP contribution in [0.5, 0.6) is 0 Å². The number of fused-ring (bicyclic) bond motifs is 1. The maximum absolute atomic E-state index is 14.0. The first-order valence-corrected chi connectivity index (χ1v) is 17.1. The summed E-state index contributed by atoms with van der Waals surface area (Å²) in [5.74, 6) is -0.496. The van der Waals surface area contributed by atoms with E-state index in [-0.39, 0.29) is 41.6 Å². The molecule has 4 rings (SSSR count). The summed E-state index contributed by atoms with van der Waals surface area (Å²) < 4.78 is 64.3. The lowest BCUT2D eigenvalue weighted by Gasteiger charge is -2.35. The van der Waals surface area contributed by atoms with Crippen molar-refractivity contribution < 1.29 is 41.1 Å². The molecule has 12 heteroatoms. The Hall–Kier alpha value is -1.25. The van der Waals surface area contributed by atoms with Crippen molar-refractivity contribution in [3.63, 3.8) is 0 Å². The number of rotatable bonds is 13. The Morgan fingerprint density at radius 2 is 1.66 bits per heavy atom. The quantitative estimate of drug-likeness (QED) is 0.192. The highest BCUT2D eigenvalue weighted by atomic mass is 32.2. The van der Waals surface area contributed by atoms with Crippen LogP contribution in [0.2, 0.25) is 0 Å². The Morgan fingerprint density at radius 3 is 2.17 bits per heavy atom. The number of hydrogen-bond acceptors (Lipinski definition) is 10. The second-order valence-corrected chi connectivity index (χ2v) is 14.6. The van der Waals surface area contributed by atoms with E-state index in [0.717, 1.165) is 16.7 Å². The van der Waals surface area contributed by atoms with E-state index in [4.69, 9.17) is 27.9 Å². The van der Waals surface area contributed by atoms with Gasteiger partial charge in [0, 0.05) is 0 Å². The summed E-state index contributed by atoms with van der Waals surface area (Å²) in [6.45, 7) is 15.4. The molecule has 0 bridgehead atoms. The van der Waals surface area contributed by atoms with E-state index in [1.165, 1.54) is 11.8 Å². The van der Waals surface area contributed by atoms with Crippen LogP contribution in [0.4, 0.5) is 0 Å². The average Bonchev–Trinajstić information content (AvgIpc) is 3.34. The number of amides is 1. The third kappa shape index (κ3) is 7.29. The Kier molecular flexibility index (Phi) is 10.2. The fourth-order valence-electron chi connectivity index (χ4n) is 5.37. The molecule has 3 saturated heterocycles. The largest absolute Gasteiger partial charge is 0.362 e. The highest BCUT2D eigenvalue weighted by Crippen LogP contribution is 2.41. The van der Waals surface area contributed by atoms with Crippen molar-refractivity contribution in [1.29, 1.82) is 0 Å². The summed E-state index contributed by atoms with van der Waals surface area (Å²) in [6, 6.07) is 3.94. The molecule has 1 aromatic rings. The molecular weight excluding hydrogens is 570 g/mol. The Labute approximate surface area is 248 Å². The first kappa shape index (κ1) is 32.7. The van der Waals surface area contributed by atoms with Gasteiger partial charge < -0.3 is 29.0 Å². The number of carbonyl (C=O) groups is 1. The van der Waals surface area contributed by atoms with Crippen molar-refractivity contribution >= 4 is 27.8 Å². The van der Waals surface area contributed by atoms with Crippen molar-refractivity contribution in [2.45, 2.75) is 127 Å². The minimum Gasteiger partial charge on any atom is -0.362 e. The van der Waals surface area contributed by atoms with Crippen LogP contribution < -0.4 is 5.32 Å². The second-order valence-electron chi connectivity index (χ2n) is 12.3. The van der Waals surface area contributed by atoms with E-state index in [0.29, 0.717) is 5.94 Å². The van der Waals surface area contributed by atoms with Gasteiger partial charge in [-0.25, -0.2) is 0 Å². The molecule has 10 nitrogen and oxygen atoms in total. The minimum absolute atomic E-state index is 0.0451. The van der Waals surface area contributed by atoms with Crippen molar-refractivity contribution in [2.75, 3.05) is 18.8 Å². The summed E-state index contributed by atoms with van der Waals surface area (Å²) in [7, 11) is -4.22. The molecule has 232 valence electrons. The predicted molar refractivity (Wildman–Crippen MR) is 155 cm³/mol. The van der Waals surface area contributed by atoms with Crippen LogP contribution in [-0.2, 0) is 42.8 Å². The molecule has 1 N–H and O–H groups in total. The summed E-state index contributed by atoms with van der Waals surface area (Å²) in [5.41, 5.74) is 2.53. The van der Waals surface area contributed by atoms with Crippen molar-refractivity contribution in [2.24, 2.45) is 0 Å². The molecule has 1 aromatic carbocycles. The first-order valence-electron chi connectivity index (χ1n) is 14.3. The number of benzene rings is 1. The number of hydrogen-bond donors (Lipinski definition) is 1. The molecule has 3 heterocycles. The van der Waals surface area contributed by atoms with Crippen LogP contribution in [0.1, 0.15) is 96.3 Å². The molecule has 6 atom stereocenters. The molecule has 3 aliphatic rings. The van der Waals surface area contributed by atoms with Gasteiger partial charge in [0.1, 0.15) is 35.5 Å². The first-order chi connectivity index (χ1) is 19.1. The lowest BCUT2D eigenvalue weighted by molar-refractivity contribution is -0.239. The summed E-state index contributed by atoms with van der Waals surface area (Å²) in [6.07, 6.45) is -2.05. The minimum atomic E-state index is -4.22. The number of thioether (sulfide) groups is 1. The number of ether oxygens (including phenoxy) is 5. The zero-order chi connectivity index (χ0) is 30.3. The lowest BCUT2D eigenvalue weighted by atomic mass is 9.89. The van der Waals surface area contributed by atoms with E-state index in [1.807, 2.05) is 46.1 Å². The van der Waals surface area contributed by atoms with E-state index < -0.39 is 52.8 Å². The zero-order valence-electron chi connectivity index (χ0n) is 25.5. The molecule has 0 spiro atoms.